The van der Waals surface area contributed by atoms with Gasteiger partial charge >= 0.3 is 0 Å². The van der Waals surface area contributed by atoms with Crippen LogP contribution in [0.15, 0.2) is 12.1 Å². The van der Waals surface area contributed by atoms with E-state index in [1.54, 1.807) is 20.0 Å². The Morgan fingerprint density at radius 1 is 1.60 bits per heavy atom. The lowest BCUT2D eigenvalue weighted by Crippen LogP contribution is -2.29. The summed E-state index contributed by atoms with van der Waals surface area (Å²) in [5.74, 6) is 0.164. The molecule has 0 spiro atoms. The molecule has 15 heavy (non-hydrogen) atoms. The molecule has 5 nitrogen and oxygen atoms in total. The maximum Gasteiger partial charge on any atom is 0.253 e. The van der Waals surface area contributed by atoms with Crippen LogP contribution in [0.25, 0.3) is 0 Å². The molecule has 0 aromatic carbocycles. The summed E-state index contributed by atoms with van der Waals surface area (Å²) < 4.78 is 0. The Morgan fingerprint density at radius 3 is 2.80 bits per heavy atom. The Morgan fingerprint density at radius 2 is 2.27 bits per heavy atom. The normalized spacial score (nSPS) is 10.1. The van der Waals surface area contributed by atoms with Gasteiger partial charge < -0.3 is 15.7 Å². The number of rotatable bonds is 3. The molecule has 0 aliphatic rings. The number of nitrogens with zero attached hydrogens (tertiary/aromatic N) is 2. The number of aromatic nitrogens is 1. The van der Waals surface area contributed by atoms with E-state index < -0.39 is 0 Å². The van der Waals surface area contributed by atoms with Crippen molar-refractivity contribution in [1.82, 2.24) is 9.88 Å². The van der Waals surface area contributed by atoms with Gasteiger partial charge in [-0.1, -0.05) is 0 Å². The average Bonchev–Trinajstić information content (AvgIpc) is 2.15. The maximum atomic E-state index is 11.8. The SMILES string of the molecule is Cc1cc(C(=O)N(C)CCO)cc(N)n1. The molecule has 1 aromatic rings. The van der Waals surface area contributed by atoms with Crippen LogP contribution in [0.1, 0.15) is 16.1 Å². The molecule has 5 heteroatoms. The third-order valence-electron chi connectivity index (χ3n) is 2.00. The molecule has 1 aromatic heterocycles. The molecule has 0 saturated heterocycles. The number of aliphatic hydroxyl groups is 1. The van der Waals surface area contributed by atoms with E-state index in [0.29, 0.717) is 23.6 Å². The van der Waals surface area contributed by atoms with Crippen molar-refractivity contribution < 1.29 is 9.90 Å². The van der Waals surface area contributed by atoms with Gasteiger partial charge in [-0.25, -0.2) is 4.98 Å². The van der Waals surface area contributed by atoms with Crippen LogP contribution in [0, 0.1) is 6.92 Å². The molecular weight excluding hydrogens is 194 g/mol. The summed E-state index contributed by atoms with van der Waals surface area (Å²) >= 11 is 0. The van der Waals surface area contributed by atoms with E-state index in [1.807, 2.05) is 0 Å². The summed E-state index contributed by atoms with van der Waals surface area (Å²) in [5.41, 5.74) is 6.74. The fraction of sp³-hybridized carbons (Fsp3) is 0.400. The molecule has 82 valence electrons. The van der Waals surface area contributed by atoms with Gasteiger partial charge in [0.1, 0.15) is 5.82 Å². The predicted molar refractivity (Wildman–Crippen MR) is 57.4 cm³/mol. The minimum absolute atomic E-state index is 0.0538. The highest BCUT2D eigenvalue weighted by Crippen LogP contribution is 2.09. The number of hydrogen-bond donors (Lipinski definition) is 2. The van der Waals surface area contributed by atoms with E-state index >= 15 is 0 Å². The second-order valence-corrected chi connectivity index (χ2v) is 3.37. The van der Waals surface area contributed by atoms with Crippen molar-refractivity contribution in [1.29, 1.82) is 0 Å². The van der Waals surface area contributed by atoms with E-state index in [0.717, 1.165) is 0 Å². The number of carbonyl (C=O) groups excluding carboxylic acids is 1. The second-order valence-electron chi connectivity index (χ2n) is 3.37. The number of nitrogen functional groups attached to an aromatic ring is 1. The molecule has 0 saturated carbocycles. The number of pyridine rings is 1. The summed E-state index contributed by atoms with van der Waals surface area (Å²) in [6.07, 6.45) is 0. The van der Waals surface area contributed by atoms with Crippen molar-refractivity contribution in [3.05, 3.63) is 23.4 Å². The topological polar surface area (TPSA) is 79.5 Å². The van der Waals surface area contributed by atoms with Gasteiger partial charge in [0, 0.05) is 24.8 Å². The summed E-state index contributed by atoms with van der Waals surface area (Å²) in [5, 5.41) is 8.71. The van der Waals surface area contributed by atoms with Crippen LogP contribution < -0.4 is 5.73 Å². The van der Waals surface area contributed by atoms with Gasteiger partial charge in [0.2, 0.25) is 0 Å². The Labute approximate surface area is 88.5 Å². The third kappa shape index (κ3) is 2.92. The summed E-state index contributed by atoms with van der Waals surface area (Å²) in [7, 11) is 1.63. The molecular formula is C10H15N3O2. The minimum Gasteiger partial charge on any atom is -0.395 e. The van der Waals surface area contributed by atoms with Crippen LogP contribution >= 0.6 is 0 Å². The van der Waals surface area contributed by atoms with Crippen molar-refractivity contribution in [3.63, 3.8) is 0 Å². The second kappa shape index (κ2) is 4.75. The van der Waals surface area contributed by atoms with E-state index in [1.165, 1.54) is 11.0 Å². The van der Waals surface area contributed by atoms with E-state index in [4.69, 9.17) is 10.8 Å². The van der Waals surface area contributed by atoms with Crippen LogP contribution in [0.5, 0.6) is 0 Å². The molecule has 0 aliphatic carbocycles. The van der Waals surface area contributed by atoms with Gasteiger partial charge in [0.05, 0.1) is 6.61 Å². The smallest absolute Gasteiger partial charge is 0.253 e. The molecule has 1 heterocycles. The molecule has 1 amide bonds. The number of carbonyl (C=O) groups is 1. The zero-order valence-electron chi connectivity index (χ0n) is 8.90. The van der Waals surface area contributed by atoms with Gasteiger partial charge in [-0.05, 0) is 19.1 Å². The molecule has 0 unspecified atom stereocenters. The minimum atomic E-state index is -0.166. The van der Waals surface area contributed by atoms with Crippen molar-refractivity contribution in [2.45, 2.75) is 6.92 Å². The largest absolute Gasteiger partial charge is 0.395 e. The number of aryl methyl sites for hydroxylation is 1. The lowest BCUT2D eigenvalue weighted by Gasteiger charge is -2.15. The Balaban J connectivity index is 2.90. The molecule has 1 rings (SSSR count). The van der Waals surface area contributed by atoms with Crippen molar-refractivity contribution >= 4 is 11.7 Å². The quantitative estimate of drug-likeness (QED) is 0.736. The first-order chi connectivity index (χ1) is 7.04. The molecule has 0 atom stereocenters. The first-order valence-electron chi connectivity index (χ1n) is 4.65. The Hall–Kier alpha value is -1.62. The highest BCUT2D eigenvalue weighted by atomic mass is 16.3. The maximum absolute atomic E-state index is 11.8. The molecule has 3 N–H and O–H groups in total. The standard InChI is InChI=1S/C10H15N3O2/c1-7-5-8(6-9(11)12-7)10(15)13(2)3-4-14/h5-6,14H,3-4H2,1-2H3,(H2,11,12). The number of amides is 1. The van der Waals surface area contributed by atoms with Crippen LogP contribution in [0.2, 0.25) is 0 Å². The van der Waals surface area contributed by atoms with E-state index in [2.05, 4.69) is 4.98 Å². The zero-order chi connectivity index (χ0) is 11.4. The van der Waals surface area contributed by atoms with E-state index in [9.17, 15) is 4.79 Å². The van der Waals surface area contributed by atoms with Crippen LogP contribution in [-0.4, -0.2) is 41.1 Å². The molecule has 0 bridgehead atoms. The summed E-state index contributed by atoms with van der Waals surface area (Å²) in [6, 6.07) is 3.20. The monoisotopic (exact) mass is 209 g/mol. The lowest BCUT2D eigenvalue weighted by atomic mass is 10.2. The first-order valence-corrected chi connectivity index (χ1v) is 4.65. The molecule has 0 radical (unpaired) electrons. The lowest BCUT2D eigenvalue weighted by molar-refractivity contribution is 0.0767. The van der Waals surface area contributed by atoms with Crippen LogP contribution in [0.3, 0.4) is 0 Å². The number of anilines is 1. The van der Waals surface area contributed by atoms with Gasteiger partial charge in [-0.3, -0.25) is 4.79 Å². The summed E-state index contributed by atoms with van der Waals surface area (Å²) in [6.45, 7) is 2.03. The van der Waals surface area contributed by atoms with Crippen molar-refractivity contribution in [3.8, 4) is 0 Å². The van der Waals surface area contributed by atoms with Crippen molar-refractivity contribution in [2.24, 2.45) is 0 Å². The number of likely N-dealkylation sites (N-methyl/N-ethyl adjacent to an activating group) is 1. The first kappa shape index (κ1) is 11.5. The predicted octanol–water partition coefficient (Wildman–Crippen LogP) is 0.0365. The summed E-state index contributed by atoms with van der Waals surface area (Å²) in [4.78, 5) is 17.2. The van der Waals surface area contributed by atoms with Crippen molar-refractivity contribution in [2.75, 3.05) is 25.9 Å². The Kier molecular flexibility index (Phi) is 3.62. The van der Waals surface area contributed by atoms with Gasteiger partial charge in [-0.2, -0.15) is 0 Å². The average molecular weight is 209 g/mol. The zero-order valence-corrected chi connectivity index (χ0v) is 8.90. The third-order valence-corrected chi connectivity index (χ3v) is 2.00. The number of nitrogens with two attached hydrogens (primary N) is 1. The van der Waals surface area contributed by atoms with Gasteiger partial charge in [0.15, 0.2) is 0 Å². The fourth-order valence-corrected chi connectivity index (χ4v) is 1.29. The van der Waals surface area contributed by atoms with Gasteiger partial charge in [-0.15, -0.1) is 0 Å². The number of aliphatic hydroxyl groups excluding tert-OH is 1. The van der Waals surface area contributed by atoms with Gasteiger partial charge in [0.25, 0.3) is 5.91 Å². The van der Waals surface area contributed by atoms with Crippen LogP contribution in [-0.2, 0) is 0 Å². The highest BCUT2D eigenvalue weighted by molar-refractivity contribution is 5.94. The Bertz CT molecular complexity index is 345. The highest BCUT2D eigenvalue weighted by Gasteiger charge is 2.12. The van der Waals surface area contributed by atoms with E-state index in [-0.39, 0.29) is 12.5 Å². The van der Waals surface area contributed by atoms with Crippen LogP contribution in [0.4, 0.5) is 5.82 Å². The number of hydrogen-bond acceptors (Lipinski definition) is 4. The molecule has 0 fully saturated rings. The fourth-order valence-electron chi connectivity index (χ4n) is 1.29. The molecule has 0 aliphatic heterocycles.